The third kappa shape index (κ3) is 3.64. The standard InChI is InChI=1S/C18H21FN2O/c1-4-18(3,14-8-6-5-7-9-14)21-17(22)20-16-12-15(19)11-10-13(16)2/h5-12H,4H2,1-3H3,(H2,20,21,22). The number of nitrogens with one attached hydrogen (secondary N) is 2. The Hall–Kier alpha value is -2.36. The van der Waals surface area contributed by atoms with Gasteiger partial charge in [0.25, 0.3) is 0 Å². The van der Waals surface area contributed by atoms with Crippen LogP contribution in [0.15, 0.2) is 48.5 Å². The molecule has 2 N–H and O–H groups in total. The molecule has 2 aromatic rings. The Bertz CT molecular complexity index is 657. The summed E-state index contributed by atoms with van der Waals surface area (Å²) >= 11 is 0. The zero-order chi connectivity index (χ0) is 16.2. The molecule has 0 saturated heterocycles. The minimum Gasteiger partial charge on any atom is -0.329 e. The van der Waals surface area contributed by atoms with E-state index in [2.05, 4.69) is 10.6 Å². The lowest BCUT2D eigenvalue weighted by Gasteiger charge is -2.30. The van der Waals surface area contributed by atoms with Crippen molar-refractivity contribution in [3.8, 4) is 0 Å². The van der Waals surface area contributed by atoms with Crippen LogP contribution in [-0.2, 0) is 5.54 Å². The first-order valence-corrected chi connectivity index (χ1v) is 7.35. The van der Waals surface area contributed by atoms with Crippen molar-refractivity contribution in [2.45, 2.75) is 32.7 Å². The summed E-state index contributed by atoms with van der Waals surface area (Å²) in [6.07, 6.45) is 0.743. The number of aryl methyl sites for hydroxylation is 1. The number of amides is 2. The van der Waals surface area contributed by atoms with Crippen LogP contribution in [0.2, 0.25) is 0 Å². The summed E-state index contributed by atoms with van der Waals surface area (Å²) in [6.45, 7) is 5.81. The van der Waals surface area contributed by atoms with Crippen molar-refractivity contribution in [2.24, 2.45) is 0 Å². The van der Waals surface area contributed by atoms with E-state index in [-0.39, 0.29) is 11.8 Å². The molecule has 4 heteroatoms. The van der Waals surface area contributed by atoms with E-state index in [0.29, 0.717) is 5.69 Å². The number of anilines is 1. The second-order valence-electron chi connectivity index (χ2n) is 5.59. The van der Waals surface area contributed by atoms with E-state index in [9.17, 15) is 9.18 Å². The fourth-order valence-corrected chi connectivity index (χ4v) is 2.30. The normalized spacial score (nSPS) is 13.3. The van der Waals surface area contributed by atoms with E-state index in [1.165, 1.54) is 12.1 Å². The van der Waals surface area contributed by atoms with Crippen LogP contribution in [0, 0.1) is 12.7 Å². The van der Waals surface area contributed by atoms with Crippen LogP contribution in [0.5, 0.6) is 0 Å². The van der Waals surface area contributed by atoms with Crippen molar-refractivity contribution in [2.75, 3.05) is 5.32 Å². The molecule has 0 aliphatic rings. The van der Waals surface area contributed by atoms with Crippen molar-refractivity contribution in [1.29, 1.82) is 0 Å². The molecule has 1 unspecified atom stereocenters. The van der Waals surface area contributed by atoms with Gasteiger partial charge in [0, 0.05) is 5.69 Å². The van der Waals surface area contributed by atoms with Crippen molar-refractivity contribution < 1.29 is 9.18 Å². The zero-order valence-electron chi connectivity index (χ0n) is 13.1. The predicted octanol–water partition coefficient (Wildman–Crippen LogP) is 4.58. The maximum atomic E-state index is 13.3. The second kappa shape index (κ2) is 6.60. The first kappa shape index (κ1) is 16.0. The summed E-state index contributed by atoms with van der Waals surface area (Å²) in [4.78, 5) is 12.3. The molecule has 0 aromatic heterocycles. The fourth-order valence-electron chi connectivity index (χ4n) is 2.30. The minimum atomic E-state index is -0.480. The second-order valence-corrected chi connectivity index (χ2v) is 5.59. The average Bonchev–Trinajstić information content (AvgIpc) is 2.51. The summed E-state index contributed by atoms with van der Waals surface area (Å²) in [5, 5.41) is 5.70. The quantitative estimate of drug-likeness (QED) is 0.852. The summed E-state index contributed by atoms with van der Waals surface area (Å²) in [7, 11) is 0. The molecule has 2 rings (SSSR count). The molecule has 0 heterocycles. The molecular formula is C18H21FN2O. The summed E-state index contributed by atoms with van der Waals surface area (Å²) in [5.74, 6) is -0.373. The molecule has 0 bridgehead atoms. The van der Waals surface area contributed by atoms with E-state index in [4.69, 9.17) is 0 Å². The number of hydrogen-bond acceptors (Lipinski definition) is 1. The highest BCUT2D eigenvalue weighted by Crippen LogP contribution is 2.24. The molecular weight excluding hydrogens is 279 g/mol. The number of rotatable bonds is 4. The monoisotopic (exact) mass is 300 g/mol. The Kier molecular flexibility index (Phi) is 4.81. The molecule has 0 saturated carbocycles. The van der Waals surface area contributed by atoms with Crippen LogP contribution in [0.25, 0.3) is 0 Å². The van der Waals surface area contributed by atoms with E-state index in [1.54, 1.807) is 6.07 Å². The van der Waals surface area contributed by atoms with Gasteiger partial charge in [0.1, 0.15) is 5.82 Å². The number of halogens is 1. The van der Waals surface area contributed by atoms with Gasteiger partial charge in [0.2, 0.25) is 0 Å². The molecule has 1 atom stereocenters. The molecule has 0 spiro atoms. The van der Waals surface area contributed by atoms with Gasteiger partial charge in [0.05, 0.1) is 5.54 Å². The van der Waals surface area contributed by atoms with Gasteiger partial charge in [-0.1, -0.05) is 43.3 Å². The maximum absolute atomic E-state index is 13.3. The van der Waals surface area contributed by atoms with Crippen LogP contribution in [0.1, 0.15) is 31.4 Å². The van der Waals surface area contributed by atoms with Gasteiger partial charge in [-0.2, -0.15) is 0 Å². The molecule has 2 amide bonds. The van der Waals surface area contributed by atoms with Crippen LogP contribution < -0.4 is 10.6 Å². The SMILES string of the molecule is CCC(C)(NC(=O)Nc1cc(F)ccc1C)c1ccccc1. The largest absolute Gasteiger partial charge is 0.329 e. The lowest BCUT2D eigenvalue weighted by atomic mass is 9.89. The zero-order valence-corrected chi connectivity index (χ0v) is 13.1. The minimum absolute atomic E-state index is 0.345. The van der Waals surface area contributed by atoms with Gasteiger partial charge in [-0.3, -0.25) is 0 Å². The Morgan fingerprint density at radius 3 is 2.50 bits per heavy atom. The number of carbonyl (C=O) groups is 1. The van der Waals surface area contributed by atoms with E-state index in [0.717, 1.165) is 17.5 Å². The first-order chi connectivity index (χ1) is 10.4. The van der Waals surface area contributed by atoms with Gasteiger partial charge in [-0.25, -0.2) is 9.18 Å². The van der Waals surface area contributed by atoms with Crippen molar-refractivity contribution >= 4 is 11.7 Å². The lowest BCUT2D eigenvalue weighted by Crippen LogP contribution is -2.45. The Morgan fingerprint density at radius 2 is 1.86 bits per heavy atom. The molecule has 0 aliphatic heterocycles. The van der Waals surface area contributed by atoms with Gasteiger partial charge < -0.3 is 10.6 Å². The summed E-state index contributed by atoms with van der Waals surface area (Å²) < 4.78 is 13.3. The predicted molar refractivity (Wildman–Crippen MR) is 87.4 cm³/mol. The fraction of sp³-hybridized carbons (Fsp3) is 0.278. The van der Waals surface area contributed by atoms with Crippen molar-refractivity contribution in [3.63, 3.8) is 0 Å². The molecule has 0 fully saturated rings. The van der Waals surface area contributed by atoms with Crippen LogP contribution >= 0.6 is 0 Å². The van der Waals surface area contributed by atoms with E-state index in [1.807, 2.05) is 51.1 Å². The van der Waals surface area contributed by atoms with E-state index < -0.39 is 5.54 Å². The van der Waals surface area contributed by atoms with Crippen molar-refractivity contribution in [1.82, 2.24) is 5.32 Å². The first-order valence-electron chi connectivity index (χ1n) is 7.35. The topological polar surface area (TPSA) is 41.1 Å². The van der Waals surface area contributed by atoms with Crippen LogP contribution in [0.4, 0.5) is 14.9 Å². The molecule has 22 heavy (non-hydrogen) atoms. The maximum Gasteiger partial charge on any atom is 0.319 e. The molecule has 116 valence electrons. The summed E-state index contributed by atoms with van der Waals surface area (Å²) in [5.41, 5.74) is 1.84. The molecule has 0 radical (unpaired) electrons. The van der Waals surface area contributed by atoms with Gasteiger partial charge >= 0.3 is 6.03 Å². The van der Waals surface area contributed by atoms with Gasteiger partial charge in [0.15, 0.2) is 0 Å². The number of carbonyl (C=O) groups excluding carboxylic acids is 1. The number of hydrogen-bond donors (Lipinski definition) is 2. The summed E-state index contributed by atoms with van der Waals surface area (Å²) in [6, 6.07) is 13.8. The van der Waals surface area contributed by atoms with Gasteiger partial charge in [-0.15, -0.1) is 0 Å². The highest BCUT2D eigenvalue weighted by molar-refractivity contribution is 5.90. The average molecular weight is 300 g/mol. The third-order valence-corrected chi connectivity index (χ3v) is 3.96. The Balaban J connectivity index is 2.15. The Labute approximate surface area is 130 Å². The molecule has 3 nitrogen and oxygen atoms in total. The van der Waals surface area contributed by atoms with Gasteiger partial charge in [-0.05, 0) is 43.5 Å². The Morgan fingerprint density at radius 1 is 1.18 bits per heavy atom. The number of urea groups is 1. The van der Waals surface area contributed by atoms with E-state index >= 15 is 0 Å². The highest BCUT2D eigenvalue weighted by atomic mass is 19.1. The van der Waals surface area contributed by atoms with Crippen molar-refractivity contribution in [3.05, 3.63) is 65.5 Å². The third-order valence-electron chi connectivity index (χ3n) is 3.96. The molecule has 0 aliphatic carbocycles. The smallest absolute Gasteiger partial charge is 0.319 e. The molecule has 2 aromatic carbocycles. The number of benzene rings is 2. The van der Waals surface area contributed by atoms with Crippen LogP contribution in [0.3, 0.4) is 0 Å². The highest BCUT2D eigenvalue weighted by Gasteiger charge is 2.26. The lowest BCUT2D eigenvalue weighted by molar-refractivity contribution is 0.238. The van der Waals surface area contributed by atoms with Crippen LogP contribution in [-0.4, -0.2) is 6.03 Å².